The third kappa shape index (κ3) is 2.62. The number of ether oxygens (including phenoxy) is 1. The number of rotatable bonds is 3. The van der Waals surface area contributed by atoms with Crippen molar-refractivity contribution in [3.05, 3.63) is 23.3 Å². The second-order valence-corrected chi connectivity index (χ2v) is 2.90. The number of carbonyl (C=O) groups is 1. The van der Waals surface area contributed by atoms with Gasteiger partial charge in [-0.25, -0.2) is 13.8 Å². The van der Waals surface area contributed by atoms with E-state index in [0.29, 0.717) is 0 Å². The average Bonchev–Trinajstić information content (AvgIpc) is 2.22. The van der Waals surface area contributed by atoms with Gasteiger partial charge in [-0.15, -0.1) is 0 Å². The molecule has 1 N–H and O–H groups in total. The van der Waals surface area contributed by atoms with Crippen LogP contribution in [0.15, 0.2) is 6.07 Å². The Morgan fingerprint density at radius 2 is 2.25 bits per heavy atom. The Labute approximate surface area is 88.7 Å². The summed E-state index contributed by atoms with van der Waals surface area (Å²) in [4.78, 5) is 13.7. The van der Waals surface area contributed by atoms with Crippen LogP contribution in [0.2, 0.25) is 0 Å². The highest BCUT2D eigenvalue weighted by atomic mass is 19.3. The molecule has 0 aromatic carbocycles. The summed E-state index contributed by atoms with van der Waals surface area (Å²) in [5, 5.41) is 9.11. The van der Waals surface area contributed by atoms with Gasteiger partial charge in [-0.05, 0) is 6.07 Å². The van der Waals surface area contributed by atoms with E-state index in [4.69, 9.17) is 5.11 Å². The topological polar surface area (TPSA) is 59.4 Å². The Morgan fingerprint density at radius 1 is 1.62 bits per heavy atom. The third-order valence-electron chi connectivity index (χ3n) is 1.83. The fraction of sp³-hybridized carbons (Fsp3) is 0.333. The second kappa shape index (κ2) is 4.82. The third-order valence-corrected chi connectivity index (χ3v) is 1.83. The first-order valence-electron chi connectivity index (χ1n) is 4.19. The molecule has 0 aliphatic carbocycles. The molecule has 0 radical (unpaired) electrons. The molecule has 0 saturated carbocycles. The molecular weight excluding hydrogens is 227 g/mol. The number of nitrogens with zero attached hydrogens (tertiary/aromatic N) is 1. The first-order chi connectivity index (χ1) is 7.45. The van der Waals surface area contributed by atoms with Crippen LogP contribution in [-0.2, 0) is 16.0 Å². The lowest BCUT2D eigenvalue weighted by molar-refractivity contribution is -0.139. The summed E-state index contributed by atoms with van der Waals surface area (Å²) in [6.45, 7) is 0. The van der Waals surface area contributed by atoms with Crippen molar-refractivity contribution in [3.8, 4) is 5.75 Å². The van der Waals surface area contributed by atoms with Crippen molar-refractivity contribution < 1.29 is 27.8 Å². The zero-order valence-electron chi connectivity index (χ0n) is 8.21. The Hall–Kier alpha value is -1.79. The molecule has 1 heterocycles. The van der Waals surface area contributed by atoms with Crippen LogP contribution in [0.1, 0.15) is 17.7 Å². The number of hydrogen-bond acceptors (Lipinski definition) is 4. The van der Waals surface area contributed by atoms with Crippen LogP contribution < -0.4 is 0 Å². The highest BCUT2D eigenvalue weighted by Crippen LogP contribution is 2.27. The van der Waals surface area contributed by atoms with Crippen molar-refractivity contribution in [2.75, 3.05) is 7.11 Å². The van der Waals surface area contributed by atoms with E-state index in [1.165, 1.54) is 0 Å². The molecule has 16 heavy (non-hydrogen) atoms. The van der Waals surface area contributed by atoms with Gasteiger partial charge in [0.1, 0.15) is 5.75 Å². The van der Waals surface area contributed by atoms with E-state index in [0.717, 1.165) is 13.2 Å². The fourth-order valence-corrected chi connectivity index (χ4v) is 1.05. The van der Waals surface area contributed by atoms with Gasteiger partial charge in [0.15, 0.2) is 5.69 Å². The molecule has 7 heteroatoms. The minimum absolute atomic E-state index is 0.297. The molecule has 0 aliphatic heterocycles. The van der Waals surface area contributed by atoms with Crippen LogP contribution in [-0.4, -0.2) is 23.2 Å². The van der Waals surface area contributed by atoms with E-state index in [1.54, 1.807) is 0 Å². The minimum Gasteiger partial charge on any atom is -0.506 e. The van der Waals surface area contributed by atoms with Gasteiger partial charge in [-0.2, -0.15) is 4.39 Å². The molecular formula is C9H8F3NO3. The lowest BCUT2D eigenvalue weighted by Gasteiger charge is -2.06. The maximum Gasteiger partial charge on any atom is 0.310 e. The number of aromatic nitrogens is 1. The molecule has 88 valence electrons. The quantitative estimate of drug-likeness (QED) is 0.638. The van der Waals surface area contributed by atoms with Crippen molar-refractivity contribution in [3.63, 3.8) is 0 Å². The van der Waals surface area contributed by atoms with Gasteiger partial charge < -0.3 is 9.84 Å². The van der Waals surface area contributed by atoms with Gasteiger partial charge in [0.25, 0.3) is 6.43 Å². The molecule has 0 fully saturated rings. The van der Waals surface area contributed by atoms with E-state index < -0.39 is 36.2 Å². The lowest BCUT2D eigenvalue weighted by Crippen LogP contribution is -2.08. The highest BCUT2D eigenvalue weighted by molar-refractivity contribution is 5.72. The largest absolute Gasteiger partial charge is 0.506 e. The lowest BCUT2D eigenvalue weighted by atomic mass is 10.2. The van der Waals surface area contributed by atoms with Gasteiger partial charge in [0.05, 0.1) is 13.5 Å². The number of carbonyl (C=O) groups excluding carboxylic acids is 1. The summed E-state index contributed by atoms with van der Waals surface area (Å²) in [5.41, 5.74) is -1.35. The maximum absolute atomic E-state index is 13.1. The number of methoxy groups -OCH3 is 1. The molecule has 0 spiro atoms. The van der Waals surface area contributed by atoms with E-state index in [1.807, 2.05) is 0 Å². The number of esters is 1. The minimum atomic E-state index is -3.08. The second-order valence-electron chi connectivity index (χ2n) is 2.90. The van der Waals surface area contributed by atoms with Crippen LogP contribution in [0, 0.1) is 5.95 Å². The zero-order chi connectivity index (χ0) is 12.3. The summed E-state index contributed by atoms with van der Waals surface area (Å²) in [7, 11) is 1.10. The molecule has 0 amide bonds. The highest BCUT2D eigenvalue weighted by Gasteiger charge is 2.19. The normalized spacial score (nSPS) is 10.6. The van der Waals surface area contributed by atoms with Crippen molar-refractivity contribution in [1.82, 2.24) is 4.98 Å². The summed E-state index contributed by atoms with van der Waals surface area (Å²) < 4.78 is 41.8. The maximum atomic E-state index is 13.1. The van der Waals surface area contributed by atoms with Crippen LogP contribution in [0.4, 0.5) is 13.2 Å². The van der Waals surface area contributed by atoms with Gasteiger partial charge >= 0.3 is 5.97 Å². The summed E-state index contributed by atoms with van der Waals surface area (Å²) in [6, 6.07) is 0.737. The molecule has 0 atom stereocenters. The number of aromatic hydroxyl groups is 1. The van der Waals surface area contributed by atoms with Crippen LogP contribution in [0.3, 0.4) is 0 Å². The molecule has 0 saturated heterocycles. The SMILES string of the molecule is COC(=O)Cc1cc(O)c(C(F)F)nc1F. The van der Waals surface area contributed by atoms with E-state index in [2.05, 4.69) is 9.72 Å². The van der Waals surface area contributed by atoms with Crippen molar-refractivity contribution in [2.24, 2.45) is 0 Å². The van der Waals surface area contributed by atoms with E-state index in [9.17, 15) is 18.0 Å². The Bertz CT molecular complexity index is 409. The first kappa shape index (κ1) is 12.3. The summed E-state index contributed by atoms with van der Waals surface area (Å²) in [5.74, 6) is -2.83. The van der Waals surface area contributed by atoms with Crippen LogP contribution >= 0.6 is 0 Å². The van der Waals surface area contributed by atoms with Crippen LogP contribution in [0.25, 0.3) is 0 Å². The number of halogens is 3. The number of pyridine rings is 1. The predicted octanol–water partition coefficient (Wildman–Crippen LogP) is 1.58. The van der Waals surface area contributed by atoms with Gasteiger partial charge in [-0.1, -0.05) is 0 Å². The van der Waals surface area contributed by atoms with Crippen LogP contribution in [0.5, 0.6) is 5.75 Å². The monoisotopic (exact) mass is 235 g/mol. The summed E-state index contributed by atoms with van der Waals surface area (Å²) in [6.07, 6.45) is -3.56. The fourth-order valence-electron chi connectivity index (χ4n) is 1.05. The van der Waals surface area contributed by atoms with E-state index in [-0.39, 0.29) is 5.56 Å². The van der Waals surface area contributed by atoms with Crippen molar-refractivity contribution in [1.29, 1.82) is 0 Å². The Morgan fingerprint density at radius 3 is 2.75 bits per heavy atom. The summed E-state index contributed by atoms with van der Waals surface area (Å²) >= 11 is 0. The molecule has 1 aromatic rings. The van der Waals surface area contributed by atoms with Gasteiger partial charge in [0.2, 0.25) is 5.95 Å². The molecule has 1 rings (SSSR count). The zero-order valence-corrected chi connectivity index (χ0v) is 8.21. The number of hydrogen-bond donors (Lipinski definition) is 1. The Balaban J connectivity index is 3.05. The average molecular weight is 235 g/mol. The van der Waals surface area contributed by atoms with Crippen molar-refractivity contribution in [2.45, 2.75) is 12.8 Å². The smallest absolute Gasteiger partial charge is 0.310 e. The molecule has 0 aliphatic rings. The first-order valence-corrected chi connectivity index (χ1v) is 4.19. The van der Waals surface area contributed by atoms with Gasteiger partial charge in [0, 0.05) is 5.56 Å². The van der Waals surface area contributed by atoms with E-state index >= 15 is 0 Å². The Kier molecular flexibility index (Phi) is 3.70. The standard InChI is InChI=1S/C9H8F3NO3/c1-16-6(15)3-4-2-5(14)7(8(10)11)13-9(4)12/h2,8,14H,3H2,1H3. The predicted molar refractivity (Wildman–Crippen MR) is 46.5 cm³/mol. The van der Waals surface area contributed by atoms with Gasteiger partial charge in [-0.3, -0.25) is 4.79 Å². The molecule has 0 unspecified atom stereocenters. The molecule has 1 aromatic heterocycles. The molecule has 4 nitrogen and oxygen atoms in total. The van der Waals surface area contributed by atoms with Crippen molar-refractivity contribution >= 4 is 5.97 Å². The number of alkyl halides is 2. The molecule has 0 bridgehead atoms.